The molecule has 6 nitrogen and oxygen atoms in total. The number of nitrogens with one attached hydrogen (secondary N) is 1. The topological polar surface area (TPSA) is 75.5 Å². The van der Waals surface area contributed by atoms with Crippen molar-refractivity contribution in [3.8, 4) is 0 Å². The lowest BCUT2D eigenvalue weighted by molar-refractivity contribution is -0.384. The van der Waals surface area contributed by atoms with Crippen LogP contribution in [0.1, 0.15) is 37.7 Å². The fourth-order valence-corrected chi connectivity index (χ4v) is 3.65. The molecule has 0 spiro atoms. The molecule has 124 valence electrons. The Morgan fingerprint density at radius 2 is 2.04 bits per heavy atom. The predicted octanol–water partition coefficient (Wildman–Crippen LogP) is 3.11. The van der Waals surface area contributed by atoms with E-state index in [1.165, 1.54) is 18.9 Å². The molecule has 3 rings (SSSR count). The Balaban J connectivity index is 1.59. The Morgan fingerprint density at radius 1 is 1.30 bits per heavy atom. The number of anilines is 1. The Labute approximate surface area is 136 Å². The van der Waals surface area contributed by atoms with Gasteiger partial charge in [-0.25, -0.2) is 0 Å². The fraction of sp³-hybridized carbons (Fsp3) is 0.588. The summed E-state index contributed by atoms with van der Waals surface area (Å²) in [7, 11) is 0. The molecule has 1 saturated heterocycles. The average Bonchev–Trinajstić information content (AvgIpc) is 3.19. The van der Waals surface area contributed by atoms with Crippen LogP contribution in [-0.4, -0.2) is 34.9 Å². The third kappa shape index (κ3) is 3.46. The molecular weight excluding hydrogens is 294 g/mol. The maximum absolute atomic E-state index is 12.5. The van der Waals surface area contributed by atoms with Gasteiger partial charge in [0.1, 0.15) is 0 Å². The van der Waals surface area contributed by atoms with E-state index in [1.54, 1.807) is 12.1 Å². The smallest absolute Gasteiger partial charge is 0.269 e. The van der Waals surface area contributed by atoms with E-state index in [4.69, 9.17) is 0 Å². The quantitative estimate of drug-likeness (QED) is 0.684. The third-order valence-electron chi connectivity index (χ3n) is 4.98. The lowest BCUT2D eigenvalue weighted by Crippen LogP contribution is -2.35. The second kappa shape index (κ2) is 6.56. The number of nitro groups is 1. The first kappa shape index (κ1) is 15.8. The second-order valence-electron chi connectivity index (χ2n) is 6.65. The second-order valence-corrected chi connectivity index (χ2v) is 6.65. The number of carbonyl (C=O) groups is 1. The van der Waals surface area contributed by atoms with Crippen molar-refractivity contribution in [1.82, 2.24) is 4.90 Å². The average molecular weight is 317 g/mol. The molecule has 1 saturated carbocycles. The van der Waals surface area contributed by atoms with Crippen LogP contribution in [0.5, 0.6) is 0 Å². The van der Waals surface area contributed by atoms with E-state index in [9.17, 15) is 14.9 Å². The van der Waals surface area contributed by atoms with Gasteiger partial charge in [0, 0.05) is 42.9 Å². The maximum Gasteiger partial charge on any atom is 0.269 e. The van der Waals surface area contributed by atoms with E-state index in [0.29, 0.717) is 5.91 Å². The molecule has 0 aromatic heterocycles. The number of hydrogen-bond acceptors (Lipinski definition) is 4. The molecule has 1 aromatic rings. The Hall–Kier alpha value is -2.11. The van der Waals surface area contributed by atoms with E-state index in [1.807, 2.05) is 11.8 Å². The molecule has 1 N–H and O–H groups in total. The minimum atomic E-state index is -0.381. The summed E-state index contributed by atoms with van der Waals surface area (Å²) in [5.74, 6) is 0.544. The van der Waals surface area contributed by atoms with Crippen LogP contribution < -0.4 is 5.32 Å². The van der Waals surface area contributed by atoms with Crippen LogP contribution in [0.4, 0.5) is 11.4 Å². The van der Waals surface area contributed by atoms with Crippen molar-refractivity contribution in [3.63, 3.8) is 0 Å². The fourth-order valence-electron chi connectivity index (χ4n) is 3.65. The summed E-state index contributed by atoms with van der Waals surface area (Å²) < 4.78 is 0. The van der Waals surface area contributed by atoms with Gasteiger partial charge in [-0.3, -0.25) is 14.9 Å². The molecule has 1 aliphatic carbocycles. The summed E-state index contributed by atoms with van der Waals surface area (Å²) in [4.78, 5) is 24.8. The molecular formula is C17H23N3O3. The highest BCUT2D eigenvalue weighted by atomic mass is 16.6. The first-order valence-electron chi connectivity index (χ1n) is 8.35. The molecule has 0 bridgehead atoms. The van der Waals surface area contributed by atoms with Gasteiger partial charge in [0.05, 0.1) is 4.92 Å². The van der Waals surface area contributed by atoms with E-state index in [2.05, 4.69) is 5.32 Å². The molecule has 1 aromatic carbocycles. The number of nitro benzene ring substituents is 1. The monoisotopic (exact) mass is 317 g/mol. The molecule has 0 radical (unpaired) electrons. The summed E-state index contributed by atoms with van der Waals surface area (Å²) in [6.45, 7) is 3.40. The van der Waals surface area contributed by atoms with E-state index < -0.39 is 0 Å². The van der Waals surface area contributed by atoms with E-state index in [-0.39, 0.29) is 22.6 Å². The summed E-state index contributed by atoms with van der Waals surface area (Å²) in [6.07, 6.45) is 5.35. The third-order valence-corrected chi connectivity index (χ3v) is 4.98. The van der Waals surface area contributed by atoms with Gasteiger partial charge < -0.3 is 10.2 Å². The minimum Gasteiger partial charge on any atom is -0.380 e. The normalized spacial score (nSPS) is 21.6. The Bertz CT molecular complexity index is 611. The van der Waals surface area contributed by atoms with Crippen LogP contribution in [0.2, 0.25) is 0 Å². The van der Waals surface area contributed by atoms with Crippen molar-refractivity contribution in [2.45, 2.75) is 45.1 Å². The van der Waals surface area contributed by atoms with Crippen LogP contribution in [0, 0.1) is 23.0 Å². The van der Waals surface area contributed by atoms with Gasteiger partial charge in [-0.2, -0.15) is 0 Å². The SMILES string of the molecule is Cc1cc([N+](=O)[O-])ccc1NC1CCN(C(=O)C2CCCC2)C1. The summed E-state index contributed by atoms with van der Waals surface area (Å²) in [6, 6.07) is 5.08. The first-order chi connectivity index (χ1) is 11.0. The number of hydrogen-bond donors (Lipinski definition) is 1. The zero-order chi connectivity index (χ0) is 16.4. The summed E-state index contributed by atoms with van der Waals surface area (Å²) >= 11 is 0. The van der Waals surface area contributed by atoms with E-state index in [0.717, 1.165) is 43.6 Å². The van der Waals surface area contributed by atoms with Gasteiger partial charge in [-0.05, 0) is 37.8 Å². The number of amides is 1. The molecule has 1 atom stereocenters. The van der Waals surface area contributed by atoms with Gasteiger partial charge in [0.15, 0.2) is 0 Å². The molecule has 1 aliphatic heterocycles. The van der Waals surface area contributed by atoms with Crippen LogP contribution in [-0.2, 0) is 4.79 Å². The van der Waals surface area contributed by atoms with Crippen molar-refractivity contribution in [2.75, 3.05) is 18.4 Å². The molecule has 1 amide bonds. The highest BCUT2D eigenvalue weighted by Gasteiger charge is 2.32. The molecule has 6 heteroatoms. The van der Waals surface area contributed by atoms with Crippen LogP contribution >= 0.6 is 0 Å². The van der Waals surface area contributed by atoms with Gasteiger partial charge in [-0.15, -0.1) is 0 Å². The summed E-state index contributed by atoms with van der Waals surface area (Å²) in [5.41, 5.74) is 1.88. The van der Waals surface area contributed by atoms with Gasteiger partial charge >= 0.3 is 0 Å². The lowest BCUT2D eigenvalue weighted by Gasteiger charge is -2.21. The Kier molecular flexibility index (Phi) is 4.50. The van der Waals surface area contributed by atoms with Crippen molar-refractivity contribution in [3.05, 3.63) is 33.9 Å². The number of nitrogens with zero attached hydrogens (tertiary/aromatic N) is 2. The largest absolute Gasteiger partial charge is 0.380 e. The van der Waals surface area contributed by atoms with E-state index >= 15 is 0 Å². The number of carbonyl (C=O) groups excluding carboxylic acids is 1. The van der Waals surface area contributed by atoms with Crippen LogP contribution in [0.3, 0.4) is 0 Å². The number of rotatable bonds is 4. The number of benzene rings is 1. The Morgan fingerprint density at radius 3 is 2.70 bits per heavy atom. The zero-order valence-electron chi connectivity index (χ0n) is 13.5. The number of likely N-dealkylation sites (tertiary alicyclic amines) is 1. The molecule has 23 heavy (non-hydrogen) atoms. The van der Waals surface area contributed by atoms with Crippen LogP contribution in [0.15, 0.2) is 18.2 Å². The number of aryl methyl sites for hydroxylation is 1. The van der Waals surface area contributed by atoms with Crippen molar-refractivity contribution in [2.24, 2.45) is 5.92 Å². The number of non-ortho nitro benzene ring substituents is 1. The summed E-state index contributed by atoms with van der Waals surface area (Å²) in [5, 5.41) is 14.2. The lowest BCUT2D eigenvalue weighted by atomic mass is 10.1. The predicted molar refractivity (Wildman–Crippen MR) is 88.4 cm³/mol. The highest BCUT2D eigenvalue weighted by molar-refractivity contribution is 5.79. The van der Waals surface area contributed by atoms with Crippen molar-refractivity contribution >= 4 is 17.3 Å². The van der Waals surface area contributed by atoms with Crippen molar-refractivity contribution in [1.29, 1.82) is 0 Å². The standard InChI is InChI=1S/C17H23N3O3/c1-12-10-15(20(22)23)6-7-16(12)18-14-8-9-19(11-14)17(21)13-4-2-3-5-13/h6-7,10,13-14,18H,2-5,8-9,11H2,1H3. The highest BCUT2D eigenvalue weighted by Crippen LogP contribution is 2.29. The molecule has 1 heterocycles. The zero-order valence-corrected chi connectivity index (χ0v) is 13.5. The minimum absolute atomic E-state index is 0.109. The molecule has 2 fully saturated rings. The molecule has 2 aliphatic rings. The first-order valence-corrected chi connectivity index (χ1v) is 8.35. The van der Waals surface area contributed by atoms with Crippen molar-refractivity contribution < 1.29 is 9.72 Å². The van der Waals surface area contributed by atoms with Crippen LogP contribution in [0.25, 0.3) is 0 Å². The van der Waals surface area contributed by atoms with Gasteiger partial charge in [0.2, 0.25) is 5.91 Å². The maximum atomic E-state index is 12.5. The van der Waals surface area contributed by atoms with Gasteiger partial charge in [0.25, 0.3) is 5.69 Å². The van der Waals surface area contributed by atoms with Gasteiger partial charge in [-0.1, -0.05) is 12.8 Å². The molecule has 1 unspecified atom stereocenters.